The van der Waals surface area contributed by atoms with Crippen molar-refractivity contribution < 1.29 is 13.2 Å². The summed E-state index contributed by atoms with van der Waals surface area (Å²) in [6.45, 7) is 5.47. The number of anilines is 1. The van der Waals surface area contributed by atoms with Gasteiger partial charge in [0.25, 0.3) is 0 Å². The first-order valence-corrected chi connectivity index (χ1v) is 6.61. The number of nitrogens with two attached hydrogens (primary N) is 1. The molecule has 0 heterocycles. The molecule has 20 heavy (non-hydrogen) atoms. The van der Waals surface area contributed by atoms with E-state index in [1.165, 1.54) is 12.1 Å². The van der Waals surface area contributed by atoms with Gasteiger partial charge in [0.15, 0.2) is 0 Å². The molecule has 1 aromatic rings. The van der Waals surface area contributed by atoms with Crippen molar-refractivity contribution in [2.75, 3.05) is 18.0 Å². The van der Waals surface area contributed by atoms with Crippen molar-refractivity contribution in [3.05, 3.63) is 29.3 Å². The first-order chi connectivity index (χ1) is 9.31. The second-order valence-electron chi connectivity index (χ2n) is 4.57. The summed E-state index contributed by atoms with van der Waals surface area (Å²) in [5, 5.41) is 7.35. The molecule has 0 saturated carbocycles. The van der Waals surface area contributed by atoms with Crippen LogP contribution in [0.15, 0.2) is 18.2 Å². The number of rotatable bonds is 6. The summed E-state index contributed by atoms with van der Waals surface area (Å²) in [5.41, 5.74) is 4.83. The molecule has 3 N–H and O–H groups in total. The summed E-state index contributed by atoms with van der Waals surface area (Å²) in [6, 6.07) is 3.79. The highest BCUT2D eigenvalue weighted by atomic mass is 19.4. The second kappa shape index (κ2) is 6.63. The van der Waals surface area contributed by atoms with Gasteiger partial charge in [-0.2, -0.15) is 13.2 Å². The molecular weight excluding hydrogens is 267 g/mol. The zero-order valence-electron chi connectivity index (χ0n) is 11.7. The summed E-state index contributed by atoms with van der Waals surface area (Å²) in [6.07, 6.45) is -2.53. The highest BCUT2D eigenvalue weighted by molar-refractivity contribution is 5.97. The molecule has 0 unspecified atom stereocenters. The predicted molar refractivity (Wildman–Crippen MR) is 75.3 cm³/mol. The Kier molecular flexibility index (Phi) is 5.42. The molecule has 1 rings (SSSR count). The van der Waals surface area contributed by atoms with E-state index in [0.29, 0.717) is 12.2 Å². The number of nitrogens with one attached hydrogen (secondary N) is 1. The van der Waals surface area contributed by atoms with Gasteiger partial charge in [-0.3, -0.25) is 5.41 Å². The van der Waals surface area contributed by atoms with Gasteiger partial charge in [0.1, 0.15) is 5.84 Å². The van der Waals surface area contributed by atoms with E-state index in [1.54, 1.807) is 0 Å². The number of nitrogens with zero attached hydrogens (tertiary/aromatic N) is 1. The molecule has 0 fully saturated rings. The monoisotopic (exact) mass is 287 g/mol. The minimum atomic E-state index is -4.50. The van der Waals surface area contributed by atoms with Gasteiger partial charge < -0.3 is 10.6 Å². The molecule has 0 aliphatic carbocycles. The fourth-order valence-electron chi connectivity index (χ4n) is 2.02. The maximum atomic E-state index is 12.9. The molecule has 0 saturated heterocycles. The molecule has 0 aliphatic heterocycles. The standard InChI is InChI=1S/C14H20F3N3/c1-3-5-8-20(4-2)10-6-7-12(14(15,16)17)11(9-10)13(18)19/h6-7,9H,3-5,8H2,1-2H3,(H3,18,19). The summed E-state index contributed by atoms with van der Waals surface area (Å²) < 4.78 is 38.6. The Labute approximate surface area is 117 Å². The molecule has 6 heteroatoms. The van der Waals surface area contributed by atoms with Crippen molar-refractivity contribution in [2.45, 2.75) is 32.9 Å². The summed E-state index contributed by atoms with van der Waals surface area (Å²) >= 11 is 0. The summed E-state index contributed by atoms with van der Waals surface area (Å²) in [5.74, 6) is -0.564. The van der Waals surface area contributed by atoms with Gasteiger partial charge in [-0.1, -0.05) is 13.3 Å². The number of unbranched alkanes of at least 4 members (excludes halogenated alkanes) is 1. The minimum absolute atomic E-state index is 0.259. The van der Waals surface area contributed by atoms with E-state index in [1.807, 2.05) is 11.8 Å². The van der Waals surface area contributed by atoms with Crippen LogP contribution in [-0.4, -0.2) is 18.9 Å². The lowest BCUT2D eigenvalue weighted by Gasteiger charge is -2.24. The Bertz CT molecular complexity index is 469. The fourth-order valence-corrected chi connectivity index (χ4v) is 2.02. The zero-order chi connectivity index (χ0) is 15.3. The van der Waals surface area contributed by atoms with Gasteiger partial charge in [0, 0.05) is 24.3 Å². The van der Waals surface area contributed by atoms with Crippen LogP contribution in [0.4, 0.5) is 18.9 Å². The van der Waals surface area contributed by atoms with Crippen LogP contribution in [0.3, 0.4) is 0 Å². The lowest BCUT2D eigenvalue weighted by Crippen LogP contribution is -2.25. The van der Waals surface area contributed by atoms with E-state index < -0.39 is 17.6 Å². The summed E-state index contributed by atoms with van der Waals surface area (Å²) in [4.78, 5) is 1.98. The van der Waals surface area contributed by atoms with Crippen molar-refractivity contribution in [3.63, 3.8) is 0 Å². The number of hydrogen-bond donors (Lipinski definition) is 2. The first-order valence-electron chi connectivity index (χ1n) is 6.61. The Morgan fingerprint density at radius 3 is 2.40 bits per heavy atom. The third kappa shape index (κ3) is 3.88. The molecule has 0 aliphatic rings. The van der Waals surface area contributed by atoms with Gasteiger partial charge in [-0.25, -0.2) is 0 Å². The fraction of sp³-hybridized carbons (Fsp3) is 0.500. The van der Waals surface area contributed by atoms with E-state index >= 15 is 0 Å². The van der Waals surface area contributed by atoms with E-state index in [4.69, 9.17) is 11.1 Å². The molecule has 1 aromatic carbocycles. The van der Waals surface area contributed by atoms with E-state index in [2.05, 4.69) is 6.92 Å². The molecular formula is C14H20F3N3. The molecule has 0 spiro atoms. The van der Waals surface area contributed by atoms with Crippen molar-refractivity contribution in [2.24, 2.45) is 5.73 Å². The quantitative estimate of drug-likeness (QED) is 0.620. The van der Waals surface area contributed by atoms with Gasteiger partial charge in [0.05, 0.1) is 5.56 Å². The molecule has 0 atom stereocenters. The third-order valence-corrected chi connectivity index (χ3v) is 3.13. The van der Waals surface area contributed by atoms with E-state index in [9.17, 15) is 13.2 Å². The maximum Gasteiger partial charge on any atom is 0.417 e. The van der Waals surface area contributed by atoms with Crippen LogP contribution in [0.5, 0.6) is 0 Å². The number of alkyl halides is 3. The number of benzene rings is 1. The predicted octanol–water partition coefficient (Wildman–Crippen LogP) is 3.62. The van der Waals surface area contributed by atoms with Crippen molar-refractivity contribution in [1.29, 1.82) is 5.41 Å². The number of hydrogen-bond acceptors (Lipinski definition) is 2. The number of amidine groups is 1. The first kappa shape index (κ1) is 16.3. The highest BCUT2D eigenvalue weighted by Gasteiger charge is 2.34. The lowest BCUT2D eigenvalue weighted by atomic mass is 10.0. The molecule has 0 bridgehead atoms. The molecule has 3 nitrogen and oxygen atoms in total. The highest BCUT2D eigenvalue weighted by Crippen LogP contribution is 2.33. The van der Waals surface area contributed by atoms with Crippen molar-refractivity contribution in [1.82, 2.24) is 0 Å². The second-order valence-corrected chi connectivity index (χ2v) is 4.57. The van der Waals surface area contributed by atoms with Crippen LogP contribution in [0.2, 0.25) is 0 Å². The van der Waals surface area contributed by atoms with Crippen LogP contribution in [0.1, 0.15) is 37.8 Å². The van der Waals surface area contributed by atoms with E-state index in [0.717, 1.165) is 25.5 Å². The maximum absolute atomic E-state index is 12.9. The van der Waals surface area contributed by atoms with Crippen LogP contribution in [0, 0.1) is 5.41 Å². The van der Waals surface area contributed by atoms with E-state index in [-0.39, 0.29) is 5.56 Å². The largest absolute Gasteiger partial charge is 0.417 e. The normalized spacial score (nSPS) is 11.4. The van der Waals surface area contributed by atoms with Crippen LogP contribution in [0.25, 0.3) is 0 Å². The SMILES string of the molecule is CCCCN(CC)c1ccc(C(F)(F)F)c(C(=N)N)c1. The molecule has 0 amide bonds. The molecule has 112 valence electrons. The van der Waals surface area contributed by atoms with Crippen LogP contribution in [-0.2, 0) is 6.18 Å². The Morgan fingerprint density at radius 1 is 1.30 bits per heavy atom. The average molecular weight is 287 g/mol. The minimum Gasteiger partial charge on any atom is -0.384 e. The molecule has 0 aromatic heterocycles. The van der Waals surface area contributed by atoms with Crippen LogP contribution < -0.4 is 10.6 Å². The number of nitrogen functional groups attached to an aromatic ring is 1. The van der Waals surface area contributed by atoms with Gasteiger partial charge in [-0.15, -0.1) is 0 Å². The third-order valence-electron chi connectivity index (χ3n) is 3.13. The topological polar surface area (TPSA) is 53.1 Å². The smallest absolute Gasteiger partial charge is 0.384 e. The zero-order valence-corrected chi connectivity index (χ0v) is 11.7. The van der Waals surface area contributed by atoms with Gasteiger partial charge in [0.2, 0.25) is 0 Å². The molecule has 0 radical (unpaired) electrons. The lowest BCUT2D eigenvalue weighted by molar-refractivity contribution is -0.137. The van der Waals surface area contributed by atoms with Gasteiger partial charge in [-0.05, 0) is 31.5 Å². The van der Waals surface area contributed by atoms with Crippen molar-refractivity contribution in [3.8, 4) is 0 Å². The Balaban J connectivity index is 3.19. The summed E-state index contributed by atoms with van der Waals surface area (Å²) in [7, 11) is 0. The number of halogens is 3. The Morgan fingerprint density at radius 2 is 1.95 bits per heavy atom. The average Bonchev–Trinajstić information content (AvgIpc) is 2.38. The van der Waals surface area contributed by atoms with Crippen molar-refractivity contribution >= 4 is 11.5 Å². The van der Waals surface area contributed by atoms with Crippen LogP contribution >= 0.6 is 0 Å². The Hall–Kier alpha value is -1.72. The van der Waals surface area contributed by atoms with Gasteiger partial charge >= 0.3 is 6.18 Å².